The molecule has 1 saturated carbocycles. The van der Waals surface area contributed by atoms with Gasteiger partial charge in [-0.3, -0.25) is 0 Å². The molecule has 0 radical (unpaired) electrons. The third-order valence-corrected chi connectivity index (χ3v) is 3.98. The van der Waals surface area contributed by atoms with Crippen molar-refractivity contribution < 1.29 is 4.39 Å². The first kappa shape index (κ1) is 15.9. The van der Waals surface area contributed by atoms with Gasteiger partial charge in [-0.15, -0.1) is 0 Å². The Morgan fingerprint density at radius 3 is 2.76 bits per heavy atom. The molecule has 21 heavy (non-hydrogen) atoms. The molecule has 5 nitrogen and oxygen atoms in total. The van der Waals surface area contributed by atoms with Gasteiger partial charge >= 0.3 is 0 Å². The normalized spacial score (nSPS) is 15.6. The lowest BCUT2D eigenvalue weighted by atomic mass is 10.2. The van der Waals surface area contributed by atoms with E-state index in [1.165, 1.54) is 31.9 Å². The molecule has 0 saturated heterocycles. The molecular formula is C15H26FN5. The van der Waals surface area contributed by atoms with Crippen molar-refractivity contribution in [1.29, 1.82) is 0 Å². The van der Waals surface area contributed by atoms with Crippen LogP contribution >= 0.6 is 0 Å². The van der Waals surface area contributed by atoms with E-state index in [2.05, 4.69) is 39.5 Å². The second kappa shape index (κ2) is 8.12. The van der Waals surface area contributed by atoms with Gasteiger partial charge in [0.05, 0.1) is 6.20 Å². The van der Waals surface area contributed by atoms with E-state index in [0.29, 0.717) is 18.5 Å². The number of likely N-dealkylation sites (N-methyl/N-ethyl adjacent to an activating group) is 1. The molecule has 0 spiro atoms. The first-order valence-corrected chi connectivity index (χ1v) is 7.91. The van der Waals surface area contributed by atoms with Crippen molar-refractivity contribution in [3.63, 3.8) is 0 Å². The molecule has 118 valence electrons. The molecule has 2 rings (SSSR count). The molecule has 0 aliphatic heterocycles. The molecule has 2 N–H and O–H groups in total. The minimum Gasteiger partial charge on any atom is -0.366 e. The Hall–Kier alpha value is -1.43. The molecule has 1 fully saturated rings. The van der Waals surface area contributed by atoms with Gasteiger partial charge in [-0.2, -0.15) is 4.98 Å². The number of anilines is 2. The molecule has 1 heterocycles. The van der Waals surface area contributed by atoms with E-state index in [9.17, 15) is 4.39 Å². The fraction of sp³-hybridized carbons (Fsp3) is 0.733. The van der Waals surface area contributed by atoms with Crippen LogP contribution < -0.4 is 10.6 Å². The summed E-state index contributed by atoms with van der Waals surface area (Å²) in [6.07, 6.45) is 7.42. The van der Waals surface area contributed by atoms with Crippen LogP contribution in [0.15, 0.2) is 6.20 Å². The lowest BCUT2D eigenvalue weighted by Crippen LogP contribution is -2.33. The third kappa shape index (κ3) is 4.81. The molecular weight excluding hydrogens is 269 g/mol. The van der Waals surface area contributed by atoms with Crippen LogP contribution in [0.4, 0.5) is 16.2 Å². The van der Waals surface area contributed by atoms with Crippen LogP contribution in [-0.2, 0) is 0 Å². The maximum atomic E-state index is 13.7. The standard InChI is InChI=1S/C15H26FN5/c1-3-8-18-15-19-11-13(16)14(20-15)17-9-10-21(2)12-6-4-5-7-12/h11-12H,3-10H2,1-2H3,(H2,17,18,19,20). The van der Waals surface area contributed by atoms with Gasteiger partial charge in [0, 0.05) is 25.7 Å². The lowest BCUT2D eigenvalue weighted by Gasteiger charge is -2.24. The van der Waals surface area contributed by atoms with Crippen molar-refractivity contribution in [1.82, 2.24) is 14.9 Å². The molecule has 1 aliphatic rings. The Labute approximate surface area is 126 Å². The molecule has 6 heteroatoms. The zero-order valence-corrected chi connectivity index (χ0v) is 13.0. The predicted octanol–water partition coefficient (Wildman–Crippen LogP) is 2.72. The van der Waals surface area contributed by atoms with Gasteiger partial charge in [0.2, 0.25) is 5.95 Å². The van der Waals surface area contributed by atoms with E-state index in [-0.39, 0.29) is 5.82 Å². The van der Waals surface area contributed by atoms with Crippen molar-refractivity contribution >= 4 is 11.8 Å². The third-order valence-electron chi connectivity index (χ3n) is 3.98. The highest BCUT2D eigenvalue weighted by Gasteiger charge is 2.19. The van der Waals surface area contributed by atoms with Crippen LogP contribution in [0.25, 0.3) is 0 Å². The maximum Gasteiger partial charge on any atom is 0.224 e. The monoisotopic (exact) mass is 295 g/mol. The van der Waals surface area contributed by atoms with Gasteiger partial charge in [-0.25, -0.2) is 9.37 Å². The zero-order valence-electron chi connectivity index (χ0n) is 13.0. The smallest absolute Gasteiger partial charge is 0.224 e. The van der Waals surface area contributed by atoms with Gasteiger partial charge < -0.3 is 15.5 Å². The van der Waals surface area contributed by atoms with Crippen LogP contribution in [0, 0.1) is 5.82 Å². The summed E-state index contributed by atoms with van der Waals surface area (Å²) in [5.74, 6) is 0.355. The fourth-order valence-corrected chi connectivity index (χ4v) is 2.69. The number of rotatable bonds is 8. The summed E-state index contributed by atoms with van der Waals surface area (Å²) in [6.45, 7) is 4.43. The van der Waals surface area contributed by atoms with Gasteiger partial charge in [-0.05, 0) is 26.3 Å². The van der Waals surface area contributed by atoms with E-state index in [0.717, 1.165) is 19.5 Å². The van der Waals surface area contributed by atoms with Crippen LogP contribution in [0.5, 0.6) is 0 Å². The Bertz CT molecular complexity index is 434. The molecule has 1 aliphatic carbocycles. The summed E-state index contributed by atoms with van der Waals surface area (Å²) in [6, 6.07) is 0.684. The molecule has 0 aromatic carbocycles. The number of hydrogen-bond acceptors (Lipinski definition) is 5. The highest BCUT2D eigenvalue weighted by atomic mass is 19.1. The average Bonchev–Trinajstić information content (AvgIpc) is 3.02. The van der Waals surface area contributed by atoms with Crippen molar-refractivity contribution in [2.75, 3.05) is 37.3 Å². The summed E-state index contributed by atoms with van der Waals surface area (Å²) < 4.78 is 13.7. The summed E-state index contributed by atoms with van der Waals surface area (Å²) in [4.78, 5) is 10.5. The summed E-state index contributed by atoms with van der Waals surface area (Å²) in [5.41, 5.74) is 0. The summed E-state index contributed by atoms with van der Waals surface area (Å²) >= 11 is 0. The Balaban J connectivity index is 1.81. The Morgan fingerprint density at radius 2 is 2.05 bits per heavy atom. The Morgan fingerprint density at radius 1 is 1.29 bits per heavy atom. The largest absolute Gasteiger partial charge is 0.366 e. The van der Waals surface area contributed by atoms with Crippen LogP contribution in [0.1, 0.15) is 39.0 Å². The predicted molar refractivity (Wildman–Crippen MR) is 84.1 cm³/mol. The van der Waals surface area contributed by atoms with Gasteiger partial charge in [0.15, 0.2) is 11.6 Å². The van der Waals surface area contributed by atoms with Gasteiger partial charge in [-0.1, -0.05) is 19.8 Å². The first-order valence-electron chi connectivity index (χ1n) is 7.91. The highest BCUT2D eigenvalue weighted by Crippen LogP contribution is 2.22. The minimum atomic E-state index is -0.402. The SMILES string of the molecule is CCCNc1ncc(F)c(NCCN(C)C2CCCC2)n1. The van der Waals surface area contributed by atoms with Crippen LogP contribution in [0.3, 0.4) is 0 Å². The maximum absolute atomic E-state index is 13.7. The van der Waals surface area contributed by atoms with Gasteiger partial charge in [0.1, 0.15) is 0 Å². The van der Waals surface area contributed by atoms with E-state index in [1.807, 2.05) is 0 Å². The Kier molecular flexibility index (Phi) is 6.17. The molecule has 0 bridgehead atoms. The first-order chi connectivity index (χ1) is 10.2. The number of nitrogens with one attached hydrogen (secondary N) is 2. The second-order valence-electron chi connectivity index (χ2n) is 5.66. The molecule has 1 aromatic rings. The van der Waals surface area contributed by atoms with E-state index in [1.54, 1.807) is 0 Å². The quantitative estimate of drug-likeness (QED) is 0.772. The zero-order chi connectivity index (χ0) is 15.1. The van der Waals surface area contributed by atoms with Crippen molar-refractivity contribution in [3.05, 3.63) is 12.0 Å². The van der Waals surface area contributed by atoms with E-state index >= 15 is 0 Å². The second-order valence-corrected chi connectivity index (χ2v) is 5.66. The number of aromatic nitrogens is 2. The van der Waals surface area contributed by atoms with Gasteiger partial charge in [0.25, 0.3) is 0 Å². The van der Waals surface area contributed by atoms with Crippen molar-refractivity contribution in [2.45, 2.75) is 45.1 Å². The fourth-order valence-electron chi connectivity index (χ4n) is 2.69. The molecule has 1 aromatic heterocycles. The van der Waals surface area contributed by atoms with E-state index in [4.69, 9.17) is 0 Å². The number of halogens is 1. The average molecular weight is 295 g/mol. The molecule has 0 amide bonds. The summed E-state index contributed by atoms with van der Waals surface area (Å²) in [5, 5.41) is 6.14. The highest BCUT2D eigenvalue weighted by molar-refractivity contribution is 5.40. The minimum absolute atomic E-state index is 0.281. The summed E-state index contributed by atoms with van der Waals surface area (Å²) in [7, 11) is 2.14. The van der Waals surface area contributed by atoms with Crippen LogP contribution in [0.2, 0.25) is 0 Å². The lowest BCUT2D eigenvalue weighted by molar-refractivity contribution is 0.254. The number of nitrogens with zero attached hydrogens (tertiary/aromatic N) is 3. The van der Waals surface area contributed by atoms with Crippen LogP contribution in [-0.4, -0.2) is 47.6 Å². The molecule has 0 unspecified atom stereocenters. The number of hydrogen-bond donors (Lipinski definition) is 2. The molecule has 0 atom stereocenters. The van der Waals surface area contributed by atoms with E-state index < -0.39 is 5.82 Å². The van der Waals surface area contributed by atoms with Crippen molar-refractivity contribution in [3.8, 4) is 0 Å². The van der Waals surface area contributed by atoms with Crippen molar-refractivity contribution in [2.24, 2.45) is 0 Å². The topological polar surface area (TPSA) is 53.1 Å².